The van der Waals surface area contributed by atoms with Crippen LogP contribution in [-0.4, -0.2) is 34.7 Å². The second-order valence-electron chi connectivity index (χ2n) is 7.22. The SMILES string of the molecule is COc1cccc(OC)c1-n1c(NSCCc2ccc(F)cc2C#N)nnc1-c1ccc(C)o1. The molecule has 10 heteroatoms. The van der Waals surface area contributed by atoms with Gasteiger partial charge in [0.2, 0.25) is 11.8 Å². The van der Waals surface area contributed by atoms with E-state index in [0.717, 1.165) is 11.3 Å². The molecule has 0 aliphatic rings. The lowest BCUT2D eigenvalue weighted by Crippen LogP contribution is -2.07. The van der Waals surface area contributed by atoms with Gasteiger partial charge in [0, 0.05) is 5.75 Å². The van der Waals surface area contributed by atoms with E-state index < -0.39 is 5.82 Å². The van der Waals surface area contributed by atoms with E-state index in [1.165, 1.54) is 24.1 Å². The molecule has 174 valence electrons. The van der Waals surface area contributed by atoms with E-state index >= 15 is 0 Å². The number of methoxy groups -OCH3 is 2. The summed E-state index contributed by atoms with van der Waals surface area (Å²) in [6.45, 7) is 1.86. The van der Waals surface area contributed by atoms with Gasteiger partial charge in [-0.25, -0.2) is 4.39 Å². The van der Waals surface area contributed by atoms with Crippen LogP contribution in [0.4, 0.5) is 10.3 Å². The third-order valence-corrected chi connectivity index (χ3v) is 5.81. The molecule has 2 aromatic carbocycles. The molecule has 0 amide bonds. The maximum absolute atomic E-state index is 13.4. The number of rotatable bonds is 9. The first kappa shape index (κ1) is 23.2. The smallest absolute Gasteiger partial charge is 0.239 e. The van der Waals surface area contributed by atoms with E-state index in [4.69, 9.17) is 13.9 Å². The fourth-order valence-electron chi connectivity index (χ4n) is 3.48. The van der Waals surface area contributed by atoms with Crippen molar-refractivity contribution >= 4 is 17.9 Å². The van der Waals surface area contributed by atoms with Crippen molar-refractivity contribution in [1.29, 1.82) is 5.26 Å². The molecule has 0 unspecified atom stereocenters. The summed E-state index contributed by atoms with van der Waals surface area (Å²) in [5.41, 5.74) is 1.73. The van der Waals surface area contributed by atoms with Gasteiger partial charge in [0.05, 0.1) is 25.9 Å². The van der Waals surface area contributed by atoms with Crippen LogP contribution in [0.1, 0.15) is 16.9 Å². The van der Waals surface area contributed by atoms with Crippen LogP contribution in [0, 0.1) is 24.1 Å². The molecule has 34 heavy (non-hydrogen) atoms. The first-order valence-corrected chi connectivity index (χ1v) is 11.3. The van der Waals surface area contributed by atoms with Crippen LogP contribution >= 0.6 is 11.9 Å². The number of para-hydroxylation sites is 1. The molecule has 8 nitrogen and oxygen atoms in total. The molecule has 0 spiro atoms. The monoisotopic (exact) mass is 479 g/mol. The summed E-state index contributed by atoms with van der Waals surface area (Å²) >= 11 is 1.39. The van der Waals surface area contributed by atoms with Crippen LogP contribution in [0.25, 0.3) is 17.3 Å². The average Bonchev–Trinajstić information content (AvgIpc) is 3.47. The number of furan rings is 1. The normalized spacial score (nSPS) is 10.7. The first-order chi connectivity index (χ1) is 16.5. The fourth-order valence-corrected chi connectivity index (χ4v) is 4.16. The number of anilines is 1. The number of ether oxygens (including phenoxy) is 2. The van der Waals surface area contributed by atoms with Crippen molar-refractivity contribution in [3.63, 3.8) is 0 Å². The molecule has 0 bridgehead atoms. The predicted octanol–water partition coefficient (Wildman–Crippen LogP) is 5.17. The predicted molar refractivity (Wildman–Crippen MR) is 128 cm³/mol. The van der Waals surface area contributed by atoms with Crippen molar-refractivity contribution in [2.24, 2.45) is 0 Å². The maximum Gasteiger partial charge on any atom is 0.239 e. The fraction of sp³-hybridized carbons (Fsp3) is 0.208. The molecule has 0 saturated heterocycles. The van der Waals surface area contributed by atoms with Gasteiger partial charge in [-0.05, 0) is 67.3 Å². The van der Waals surface area contributed by atoms with E-state index in [-0.39, 0.29) is 0 Å². The molecule has 0 atom stereocenters. The van der Waals surface area contributed by atoms with E-state index in [2.05, 4.69) is 14.9 Å². The summed E-state index contributed by atoms with van der Waals surface area (Å²) in [7, 11) is 3.16. The zero-order valence-corrected chi connectivity index (χ0v) is 19.6. The Morgan fingerprint density at radius 2 is 1.88 bits per heavy atom. The van der Waals surface area contributed by atoms with E-state index in [1.807, 2.05) is 43.3 Å². The van der Waals surface area contributed by atoms with Crippen molar-refractivity contribution in [2.75, 3.05) is 24.7 Å². The van der Waals surface area contributed by atoms with Gasteiger partial charge in [-0.3, -0.25) is 9.29 Å². The summed E-state index contributed by atoms with van der Waals surface area (Å²) in [4.78, 5) is 0. The maximum atomic E-state index is 13.4. The molecule has 0 fully saturated rings. The molecule has 2 aromatic heterocycles. The van der Waals surface area contributed by atoms with Crippen molar-refractivity contribution in [3.05, 3.63) is 71.2 Å². The molecule has 4 rings (SSSR count). The summed E-state index contributed by atoms with van der Waals surface area (Å²) in [5, 5.41) is 17.9. The highest BCUT2D eigenvalue weighted by Crippen LogP contribution is 2.38. The molecule has 0 radical (unpaired) electrons. The summed E-state index contributed by atoms with van der Waals surface area (Å²) in [6, 6.07) is 15.4. The molecule has 1 N–H and O–H groups in total. The largest absolute Gasteiger partial charge is 0.494 e. The lowest BCUT2D eigenvalue weighted by molar-refractivity contribution is 0.391. The Morgan fingerprint density at radius 3 is 2.53 bits per heavy atom. The topological polar surface area (TPSA) is 98.1 Å². The van der Waals surface area contributed by atoms with Gasteiger partial charge in [-0.15, -0.1) is 10.2 Å². The van der Waals surface area contributed by atoms with Crippen LogP contribution in [0.3, 0.4) is 0 Å². The number of aromatic nitrogens is 3. The Kier molecular flexibility index (Phi) is 7.04. The first-order valence-electron chi connectivity index (χ1n) is 10.4. The van der Waals surface area contributed by atoms with Gasteiger partial charge >= 0.3 is 0 Å². The Hall–Kier alpha value is -3.97. The van der Waals surface area contributed by atoms with Gasteiger partial charge in [-0.2, -0.15) is 5.26 Å². The Labute approximate surface area is 200 Å². The lowest BCUT2D eigenvalue weighted by Gasteiger charge is -2.17. The highest BCUT2D eigenvalue weighted by Gasteiger charge is 2.24. The number of hydrogen-bond donors (Lipinski definition) is 1. The van der Waals surface area contributed by atoms with Crippen LogP contribution in [0.15, 0.2) is 52.9 Å². The molecule has 2 heterocycles. The third-order valence-electron chi connectivity index (χ3n) is 5.08. The minimum Gasteiger partial charge on any atom is -0.494 e. The van der Waals surface area contributed by atoms with E-state index in [9.17, 15) is 9.65 Å². The van der Waals surface area contributed by atoms with Crippen molar-refractivity contribution in [3.8, 4) is 34.8 Å². The molecule has 0 saturated carbocycles. The zero-order chi connectivity index (χ0) is 24.1. The highest BCUT2D eigenvalue weighted by atomic mass is 32.2. The minimum absolute atomic E-state index is 0.331. The molecular weight excluding hydrogens is 457 g/mol. The Balaban J connectivity index is 1.64. The Morgan fingerprint density at radius 1 is 1.12 bits per heavy atom. The standard InChI is InChI=1S/C24H22FN5O3S/c1-15-7-10-21(33-15)23-27-28-24(30(23)22-19(31-2)5-4-6-20(22)32-3)29-34-12-11-16-8-9-18(25)13-17(16)14-26/h4-10,13H,11-12H2,1-3H3,(H,28,29). The summed E-state index contributed by atoms with van der Waals surface area (Å²) < 4.78 is 35.4. The highest BCUT2D eigenvalue weighted by molar-refractivity contribution is 8.00. The molecule has 0 aliphatic heterocycles. The molecule has 4 aromatic rings. The van der Waals surface area contributed by atoms with Crippen molar-refractivity contribution in [2.45, 2.75) is 13.3 Å². The number of nitrogens with zero attached hydrogens (tertiary/aromatic N) is 4. The Bertz CT molecular complexity index is 1320. The zero-order valence-electron chi connectivity index (χ0n) is 18.8. The second-order valence-corrected chi connectivity index (χ2v) is 8.12. The van der Waals surface area contributed by atoms with Gasteiger partial charge in [0.1, 0.15) is 28.8 Å². The van der Waals surface area contributed by atoms with Gasteiger partial charge in [0.25, 0.3) is 0 Å². The van der Waals surface area contributed by atoms with Gasteiger partial charge in [-0.1, -0.05) is 12.1 Å². The number of halogens is 1. The molecule has 0 aliphatic carbocycles. The van der Waals surface area contributed by atoms with Crippen LogP contribution in [-0.2, 0) is 6.42 Å². The number of aryl methyl sites for hydroxylation is 2. The minimum atomic E-state index is -0.425. The number of hydrogen-bond acceptors (Lipinski definition) is 8. The number of benzene rings is 2. The average molecular weight is 480 g/mol. The third kappa shape index (κ3) is 4.70. The van der Waals surface area contributed by atoms with Crippen LogP contribution < -0.4 is 14.2 Å². The van der Waals surface area contributed by atoms with Gasteiger partial charge < -0.3 is 13.9 Å². The number of nitrogens with one attached hydrogen (secondary N) is 1. The number of nitriles is 1. The van der Waals surface area contributed by atoms with Crippen molar-refractivity contribution in [1.82, 2.24) is 14.8 Å². The van der Waals surface area contributed by atoms with E-state index in [1.54, 1.807) is 24.9 Å². The molecular formula is C24H22FN5O3S. The summed E-state index contributed by atoms with van der Waals surface area (Å²) in [6.07, 6.45) is 0.567. The van der Waals surface area contributed by atoms with Crippen molar-refractivity contribution < 1.29 is 18.3 Å². The quantitative estimate of drug-likeness (QED) is 0.259. The van der Waals surface area contributed by atoms with Gasteiger partial charge in [0.15, 0.2) is 5.76 Å². The van der Waals surface area contributed by atoms with Crippen LogP contribution in [0.2, 0.25) is 0 Å². The lowest BCUT2D eigenvalue weighted by atomic mass is 10.1. The van der Waals surface area contributed by atoms with E-state index in [0.29, 0.717) is 52.5 Å². The second kappa shape index (κ2) is 10.3. The summed E-state index contributed by atoms with van der Waals surface area (Å²) in [5.74, 6) is 3.52. The van der Waals surface area contributed by atoms with Crippen LogP contribution in [0.5, 0.6) is 11.5 Å².